The summed E-state index contributed by atoms with van der Waals surface area (Å²) in [7, 11) is 1.72. The second-order valence-electron chi connectivity index (χ2n) is 7.96. The quantitative estimate of drug-likeness (QED) is 0.498. The van der Waals surface area contributed by atoms with Gasteiger partial charge in [-0.2, -0.15) is 5.26 Å². The van der Waals surface area contributed by atoms with Gasteiger partial charge in [0.15, 0.2) is 0 Å². The Morgan fingerprint density at radius 1 is 1.32 bits per heavy atom. The first-order chi connectivity index (χ1) is 16.1. The molecule has 0 aliphatic carbocycles. The van der Waals surface area contributed by atoms with Gasteiger partial charge in [0.2, 0.25) is 11.8 Å². The summed E-state index contributed by atoms with van der Waals surface area (Å²) in [5.41, 5.74) is 6.79. The van der Waals surface area contributed by atoms with E-state index in [-0.39, 0.29) is 18.0 Å². The van der Waals surface area contributed by atoms with Crippen LogP contribution in [0.3, 0.4) is 0 Å². The highest BCUT2D eigenvalue weighted by molar-refractivity contribution is 6.07. The number of hydrogen-bond acceptors (Lipinski definition) is 7. The van der Waals surface area contributed by atoms with Crippen LogP contribution < -0.4 is 21.3 Å². The van der Waals surface area contributed by atoms with Crippen LogP contribution in [0.2, 0.25) is 0 Å². The van der Waals surface area contributed by atoms with Crippen molar-refractivity contribution in [2.24, 2.45) is 5.73 Å². The van der Waals surface area contributed by atoms with Gasteiger partial charge in [0.1, 0.15) is 6.04 Å². The normalized spacial score (nSPS) is 16.7. The van der Waals surface area contributed by atoms with E-state index in [1.807, 2.05) is 0 Å². The Morgan fingerprint density at radius 2 is 2.09 bits per heavy atom. The van der Waals surface area contributed by atoms with E-state index in [0.29, 0.717) is 29.7 Å². The standard InChI is InChI=1S/C22H25F2N7O3/c1-30(12-19(32)28-7-5-25)14-2-3-18-17(8-14)16(4-6-27-18)21(34)29-11-20(33)31-13-22(23,24)9-15(31)10-26/h2-4,6,8,15H,5,7,9,11-13,25H2,1H3,(H,28,32)(H,29,34). The molecule has 0 spiro atoms. The number of nitriles is 1. The lowest BCUT2D eigenvalue weighted by Gasteiger charge is -2.20. The Bertz CT molecular complexity index is 1140. The fourth-order valence-corrected chi connectivity index (χ4v) is 3.69. The summed E-state index contributed by atoms with van der Waals surface area (Å²) >= 11 is 0. The molecular weight excluding hydrogens is 448 g/mol. The molecule has 0 radical (unpaired) electrons. The number of benzene rings is 1. The second-order valence-corrected chi connectivity index (χ2v) is 7.96. The first-order valence-electron chi connectivity index (χ1n) is 10.6. The number of amides is 3. The van der Waals surface area contributed by atoms with Crippen LogP contribution in [0.4, 0.5) is 14.5 Å². The van der Waals surface area contributed by atoms with Crippen LogP contribution in [0.25, 0.3) is 10.9 Å². The summed E-state index contributed by atoms with van der Waals surface area (Å²) < 4.78 is 27.2. The SMILES string of the molecule is CN(CC(=O)NCCN)c1ccc2nccc(C(=O)NCC(=O)N3CC(F)(F)CC3C#N)c2c1. The summed E-state index contributed by atoms with van der Waals surface area (Å²) in [6.45, 7) is -0.621. The third-order valence-corrected chi connectivity index (χ3v) is 5.40. The van der Waals surface area contributed by atoms with Gasteiger partial charge in [-0.15, -0.1) is 0 Å². The molecule has 1 aliphatic rings. The molecule has 2 aromatic rings. The summed E-state index contributed by atoms with van der Waals surface area (Å²) in [6, 6.07) is 7.09. The number of nitrogens with zero attached hydrogens (tertiary/aromatic N) is 4. The van der Waals surface area contributed by atoms with Crippen LogP contribution in [0.15, 0.2) is 30.5 Å². The van der Waals surface area contributed by atoms with Gasteiger partial charge < -0.3 is 26.2 Å². The van der Waals surface area contributed by atoms with E-state index in [9.17, 15) is 23.2 Å². The smallest absolute Gasteiger partial charge is 0.268 e. The van der Waals surface area contributed by atoms with Crippen molar-refractivity contribution in [3.63, 3.8) is 0 Å². The molecular formula is C22H25F2N7O3. The molecule has 2 heterocycles. The predicted octanol–water partition coefficient (Wildman–Crippen LogP) is 0.235. The topological polar surface area (TPSA) is 144 Å². The van der Waals surface area contributed by atoms with Gasteiger partial charge in [0, 0.05) is 43.8 Å². The van der Waals surface area contributed by atoms with E-state index < -0.39 is 43.3 Å². The van der Waals surface area contributed by atoms with Crippen molar-refractivity contribution in [2.45, 2.75) is 18.4 Å². The summed E-state index contributed by atoms with van der Waals surface area (Å²) in [5.74, 6) is -4.70. The van der Waals surface area contributed by atoms with Crippen molar-refractivity contribution in [3.05, 3.63) is 36.0 Å². The zero-order chi connectivity index (χ0) is 24.9. The van der Waals surface area contributed by atoms with Gasteiger partial charge in [-0.05, 0) is 24.3 Å². The van der Waals surface area contributed by atoms with Gasteiger partial charge in [0.05, 0.1) is 36.8 Å². The lowest BCUT2D eigenvalue weighted by atomic mass is 10.1. The first-order valence-corrected chi connectivity index (χ1v) is 10.6. The van der Waals surface area contributed by atoms with Gasteiger partial charge in [-0.25, -0.2) is 8.78 Å². The molecule has 180 valence electrons. The maximum absolute atomic E-state index is 13.6. The molecule has 10 nitrogen and oxygen atoms in total. The maximum Gasteiger partial charge on any atom is 0.268 e. The van der Waals surface area contributed by atoms with E-state index in [1.165, 1.54) is 12.3 Å². The molecule has 1 aliphatic heterocycles. The zero-order valence-corrected chi connectivity index (χ0v) is 18.6. The minimum absolute atomic E-state index is 0.0718. The number of carbonyl (C=O) groups excluding carboxylic acids is 3. The fraction of sp³-hybridized carbons (Fsp3) is 0.409. The molecule has 12 heteroatoms. The van der Waals surface area contributed by atoms with Gasteiger partial charge in [-0.1, -0.05) is 0 Å². The highest BCUT2D eigenvalue weighted by Gasteiger charge is 2.47. The van der Waals surface area contributed by atoms with Crippen LogP contribution in [-0.2, 0) is 9.59 Å². The molecule has 4 N–H and O–H groups in total. The number of nitrogens with one attached hydrogen (secondary N) is 2. The third kappa shape index (κ3) is 5.74. The van der Waals surface area contributed by atoms with E-state index >= 15 is 0 Å². The molecule has 1 saturated heterocycles. The Labute approximate surface area is 194 Å². The Morgan fingerprint density at radius 3 is 2.79 bits per heavy atom. The summed E-state index contributed by atoms with van der Waals surface area (Å²) in [4.78, 5) is 43.9. The average Bonchev–Trinajstić information content (AvgIpc) is 3.14. The van der Waals surface area contributed by atoms with Crippen molar-refractivity contribution in [1.82, 2.24) is 20.5 Å². The van der Waals surface area contributed by atoms with E-state index in [2.05, 4.69) is 15.6 Å². The van der Waals surface area contributed by atoms with Crippen LogP contribution in [-0.4, -0.2) is 79.3 Å². The monoisotopic (exact) mass is 473 g/mol. The lowest BCUT2D eigenvalue weighted by Crippen LogP contribution is -2.43. The Kier molecular flexibility index (Phi) is 7.57. The van der Waals surface area contributed by atoms with Crippen LogP contribution in [0, 0.1) is 11.3 Å². The van der Waals surface area contributed by atoms with Gasteiger partial charge in [0.25, 0.3) is 11.8 Å². The minimum atomic E-state index is -3.13. The number of halogens is 2. The highest BCUT2D eigenvalue weighted by atomic mass is 19.3. The fourth-order valence-electron chi connectivity index (χ4n) is 3.69. The number of pyridine rings is 1. The largest absolute Gasteiger partial charge is 0.365 e. The third-order valence-electron chi connectivity index (χ3n) is 5.40. The van der Waals surface area contributed by atoms with Crippen molar-refractivity contribution < 1.29 is 23.2 Å². The maximum atomic E-state index is 13.6. The lowest BCUT2D eigenvalue weighted by molar-refractivity contribution is -0.131. The number of rotatable bonds is 8. The average molecular weight is 473 g/mol. The molecule has 1 aromatic carbocycles. The number of likely N-dealkylation sites (N-methyl/N-ethyl adjacent to an activating group) is 1. The van der Waals surface area contributed by atoms with Crippen LogP contribution in [0.5, 0.6) is 0 Å². The van der Waals surface area contributed by atoms with Gasteiger partial charge in [-0.3, -0.25) is 19.4 Å². The van der Waals surface area contributed by atoms with Gasteiger partial charge >= 0.3 is 0 Å². The predicted molar refractivity (Wildman–Crippen MR) is 120 cm³/mol. The van der Waals surface area contributed by atoms with Crippen molar-refractivity contribution >= 4 is 34.3 Å². The first kappa shape index (κ1) is 24.8. The number of nitrogens with two attached hydrogens (primary N) is 1. The molecule has 1 unspecified atom stereocenters. The summed E-state index contributed by atoms with van der Waals surface area (Å²) in [6.07, 6.45) is 0.716. The number of aromatic nitrogens is 1. The van der Waals surface area contributed by atoms with Crippen LogP contribution >= 0.6 is 0 Å². The van der Waals surface area contributed by atoms with E-state index in [4.69, 9.17) is 11.0 Å². The number of carbonyl (C=O) groups is 3. The van der Waals surface area contributed by atoms with Crippen LogP contribution in [0.1, 0.15) is 16.8 Å². The number of alkyl halides is 2. The molecule has 34 heavy (non-hydrogen) atoms. The number of fused-ring (bicyclic) bond motifs is 1. The Balaban J connectivity index is 1.73. The molecule has 1 aromatic heterocycles. The number of anilines is 1. The molecule has 3 amide bonds. The van der Waals surface area contributed by atoms with Crippen molar-refractivity contribution in [2.75, 3.05) is 44.7 Å². The number of likely N-dealkylation sites (tertiary alicyclic amines) is 1. The van der Waals surface area contributed by atoms with Crippen molar-refractivity contribution in [3.8, 4) is 6.07 Å². The molecule has 3 rings (SSSR count). The zero-order valence-electron chi connectivity index (χ0n) is 18.6. The minimum Gasteiger partial charge on any atom is -0.365 e. The molecule has 1 atom stereocenters. The molecule has 0 saturated carbocycles. The highest BCUT2D eigenvalue weighted by Crippen LogP contribution is 2.31. The van der Waals surface area contributed by atoms with Crippen molar-refractivity contribution in [1.29, 1.82) is 5.26 Å². The molecule has 1 fully saturated rings. The summed E-state index contributed by atoms with van der Waals surface area (Å²) in [5, 5.41) is 14.7. The Hall–Kier alpha value is -3.85. The van der Waals surface area contributed by atoms with E-state index in [1.54, 1.807) is 36.2 Å². The number of hydrogen-bond donors (Lipinski definition) is 3. The second kappa shape index (κ2) is 10.4. The molecule has 0 bridgehead atoms. The van der Waals surface area contributed by atoms with E-state index in [0.717, 1.165) is 4.90 Å².